The van der Waals surface area contributed by atoms with Crippen molar-refractivity contribution in [1.29, 1.82) is 0 Å². The van der Waals surface area contributed by atoms with Gasteiger partial charge in [0.05, 0.1) is 23.4 Å². The van der Waals surface area contributed by atoms with E-state index < -0.39 is 0 Å². The van der Waals surface area contributed by atoms with Gasteiger partial charge in [0.25, 0.3) is 5.91 Å². The van der Waals surface area contributed by atoms with Crippen molar-refractivity contribution < 1.29 is 18.7 Å². The smallest absolute Gasteiger partial charge is 0.256 e. The van der Waals surface area contributed by atoms with Gasteiger partial charge in [0, 0.05) is 12.3 Å². The Balaban J connectivity index is 2.07. The molecule has 0 aliphatic carbocycles. The SMILES string of the molecule is COc1ccc(C(=O)Nc2ccccc2Cl)c2cc(C(C)=O)oc12. The summed E-state index contributed by atoms with van der Waals surface area (Å²) in [4.78, 5) is 24.2. The first-order chi connectivity index (χ1) is 11.5. The lowest BCUT2D eigenvalue weighted by atomic mass is 10.1. The van der Waals surface area contributed by atoms with E-state index in [1.54, 1.807) is 42.5 Å². The third kappa shape index (κ3) is 2.86. The summed E-state index contributed by atoms with van der Waals surface area (Å²) in [5.74, 6) is 0.0328. The first-order valence-corrected chi connectivity index (χ1v) is 7.56. The van der Waals surface area contributed by atoms with E-state index in [2.05, 4.69) is 5.32 Å². The van der Waals surface area contributed by atoms with Crippen molar-refractivity contribution in [1.82, 2.24) is 0 Å². The molecule has 0 aliphatic heterocycles. The molecule has 0 saturated carbocycles. The summed E-state index contributed by atoms with van der Waals surface area (Å²) >= 11 is 6.07. The highest BCUT2D eigenvalue weighted by Gasteiger charge is 2.19. The van der Waals surface area contributed by atoms with Gasteiger partial charge in [-0.1, -0.05) is 23.7 Å². The highest BCUT2D eigenvalue weighted by molar-refractivity contribution is 6.34. The van der Waals surface area contributed by atoms with Crippen LogP contribution in [0.15, 0.2) is 46.9 Å². The summed E-state index contributed by atoms with van der Waals surface area (Å²) in [6.07, 6.45) is 0. The van der Waals surface area contributed by atoms with Gasteiger partial charge in [0.15, 0.2) is 22.9 Å². The Morgan fingerprint density at radius 1 is 1.17 bits per heavy atom. The molecule has 24 heavy (non-hydrogen) atoms. The number of nitrogens with one attached hydrogen (secondary N) is 1. The molecule has 0 radical (unpaired) electrons. The fraction of sp³-hybridized carbons (Fsp3) is 0.111. The number of carbonyl (C=O) groups is 2. The monoisotopic (exact) mass is 343 g/mol. The molecule has 6 heteroatoms. The maximum absolute atomic E-state index is 12.6. The Morgan fingerprint density at radius 2 is 1.92 bits per heavy atom. The maximum atomic E-state index is 12.6. The number of amides is 1. The van der Waals surface area contributed by atoms with Gasteiger partial charge < -0.3 is 14.5 Å². The molecule has 0 spiro atoms. The Bertz CT molecular complexity index is 945. The average Bonchev–Trinajstić information content (AvgIpc) is 3.01. The summed E-state index contributed by atoms with van der Waals surface area (Å²) in [7, 11) is 1.49. The zero-order valence-electron chi connectivity index (χ0n) is 13.1. The number of anilines is 1. The van der Waals surface area contributed by atoms with Gasteiger partial charge in [-0.25, -0.2) is 0 Å². The van der Waals surface area contributed by atoms with Crippen LogP contribution in [-0.2, 0) is 0 Å². The third-order valence-electron chi connectivity index (χ3n) is 3.58. The molecule has 1 N–H and O–H groups in total. The van der Waals surface area contributed by atoms with Crippen LogP contribution in [0.5, 0.6) is 5.75 Å². The molecule has 3 aromatic rings. The summed E-state index contributed by atoms with van der Waals surface area (Å²) < 4.78 is 10.8. The van der Waals surface area contributed by atoms with Crippen LogP contribution in [0, 0.1) is 0 Å². The number of halogens is 1. The van der Waals surface area contributed by atoms with Gasteiger partial charge in [0.1, 0.15) is 0 Å². The largest absolute Gasteiger partial charge is 0.493 e. The van der Waals surface area contributed by atoms with Gasteiger partial charge in [0.2, 0.25) is 0 Å². The quantitative estimate of drug-likeness (QED) is 0.705. The van der Waals surface area contributed by atoms with E-state index in [4.69, 9.17) is 20.8 Å². The van der Waals surface area contributed by atoms with Crippen molar-refractivity contribution in [3.8, 4) is 5.75 Å². The molecule has 1 heterocycles. The van der Waals surface area contributed by atoms with E-state index in [1.165, 1.54) is 14.0 Å². The second-order valence-electron chi connectivity index (χ2n) is 5.16. The summed E-state index contributed by atoms with van der Waals surface area (Å²) in [5, 5.41) is 3.70. The van der Waals surface area contributed by atoms with Gasteiger partial charge in [-0.15, -0.1) is 0 Å². The molecule has 122 valence electrons. The molecule has 5 nitrogen and oxygen atoms in total. The second-order valence-corrected chi connectivity index (χ2v) is 5.57. The number of carbonyl (C=O) groups excluding carboxylic acids is 2. The minimum atomic E-state index is -0.355. The Kier molecular flexibility index (Phi) is 4.27. The van der Waals surface area contributed by atoms with E-state index in [1.807, 2.05) is 0 Å². The van der Waals surface area contributed by atoms with Crippen LogP contribution in [0.4, 0.5) is 5.69 Å². The van der Waals surface area contributed by atoms with E-state index in [-0.39, 0.29) is 17.5 Å². The molecule has 0 fully saturated rings. The number of hydrogen-bond acceptors (Lipinski definition) is 4. The number of ketones is 1. The Labute approximate surface area is 143 Å². The average molecular weight is 344 g/mol. The van der Waals surface area contributed by atoms with Gasteiger partial charge in [-0.05, 0) is 30.3 Å². The Morgan fingerprint density at radius 3 is 2.58 bits per heavy atom. The van der Waals surface area contributed by atoms with Crippen molar-refractivity contribution in [2.75, 3.05) is 12.4 Å². The number of rotatable bonds is 4. The predicted molar refractivity (Wildman–Crippen MR) is 92.2 cm³/mol. The van der Waals surface area contributed by atoms with Gasteiger partial charge >= 0.3 is 0 Å². The zero-order valence-corrected chi connectivity index (χ0v) is 13.8. The first-order valence-electron chi connectivity index (χ1n) is 7.18. The fourth-order valence-corrected chi connectivity index (χ4v) is 2.57. The number of para-hydroxylation sites is 1. The summed E-state index contributed by atoms with van der Waals surface area (Å²) in [6.45, 7) is 1.40. The highest BCUT2D eigenvalue weighted by atomic mass is 35.5. The number of hydrogen-bond donors (Lipinski definition) is 1. The lowest BCUT2D eigenvalue weighted by Crippen LogP contribution is -2.12. The summed E-state index contributed by atoms with van der Waals surface area (Å²) in [5.41, 5.74) is 1.22. The van der Waals surface area contributed by atoms with E-state index in [0.717, 1.165) is 0 Å². The molecular weight excluding hydrogens is 330 g/mol. The molecule has 0 aliphatic rings. The number of Topliss-reactive ketones (excluding diaryl/α,β-unsaturated/α-hetero) is 1. The second kappa shape index (κ2) is 6.37. The predicted octanol–water partition coefficient (Wildman–Crippen LogP) is 4.55. The van der Waals surface area contributed by atoms with E-state index in [9.17, 15) is 9.59 Å². The van der Waals surface area contributed by atoms with E-state index >= 15 is 0 Å². The number of fused-ring (bicyclic) bond motifs is 1. The van der Waals surface area contributed by atoms with Crippen LogP contribution in [0.3, 0.4) is 0 Å². The molecule has 0 unspecified atom stereocenters. The number of furan rings is 1. The maximum Gasteiger partial charge on any atom is 0.256 e. The molecule has 0 bridgehead atoms. The number of benzene rings is 2. The molecule has 0 saturated heterocycles. The lowest BCUT2D eigenvalue weighted by Gasteiger charge is -2.08. The number of ether oxygens (including phenoxy) is 1. The molecule has 1 aromatic heterocycles. The van der Waals surface area contributed by atoms with Gasteiger partial charge in [-0.2, -0.15) is 0 Å². The molecule has 0 atom stereocenters. The minimum absolute atomic E-state index is 0.168. The normalized spacial score (nSPS) is 10.6. The van der Waals surface area contributed by atoms with Crippen molar-refractivity contribution in [2.45, 2.75) is 6.92 Å². The molecule has 2 aromatic carbocycles. The van der Waals surface area contributed by atoms with Crippen molar-refractivity contribution in [3.63, 3.8) is 0 Å². The highest BCUT2D eigenvalue weighted by Crippen LogP contribution is 2.32. The molecule has 3 rings (SSSR count). The van der Waals surface area contributed by atoms with Crippen LogP contribution in [0.25, 0.3) is 11.0 Å². The standard InChI is InChI=1S/C18H14ClNO4/c1-10(21)16-9-12-11(7-8-15(23-2)17(12)24-16)18(22)20-14-6-4-3-5-13(14)19/h3-9H,1-2H3,(H,20,22). The first kappa shape index (κ1) is 16.1. The van der Waals surface area contributed by atoms with Crippen molar-refractivity contribution >= 4 is 39.9 Å². The van der Waals surface area contributed by atoms with Crippen LogP contribution in [-0.4, -0.2) is 18.8 Å². The van der Waals surface area contributed by atoms with Crippen LogP contribution >= 0.6 is 11.6 Å². The van der Waals surface area contributed by atoms with Gasteiger partial charge in [-0.3, -0.25) is 9.59 Å². The van der Waals surface area contributed by atoms with Crippen LogP contribution in [0.1, 0.15) is 27.8 Å². The zero-order chi connectivity index (χ0) is 17.3. The molecular formula is C18H14ClNO4. The van der Waals surface area contributed by atoms with Crippen molar-refractivity contribution in [2.24, 2.45) is 0 Å². The fourth-order valence-electron chi connectivity index (χ4n) is 2.38. The van der Waals surface area contributed by atoms with Crippen LogP contribution < -0.4 is 10.1 Å². The molecule has 1 amide bonds. The van der Waals surface area contributed by atoms with E-state index in [0.29, 0.717) is 33.0 Å². The minimum Gasteiger partial charge on any atom is -0.493 e. The topological polar surface area (TPSA) is 68.5 Å². The van der Waals surface area contributed by atoms with Crippen LogP contribution in [0.2, 0.25) is 5.02 Å². The lowest BCUT2D eigenvalue weighted by molar-refractivity contribution is 0.0987. The van der Waals surface area contributed by atoms with Crippen molar-refractivity contribution in [3.05, 3.63) is 58.8 Å². The Hall–Kier alpha value is -2.79. The number of methoxy groups -OCH3 is 1. The summed E-state index contributed by atoms with van der Waals surface area (Å²) in [6, 6.07) is 11.7. The third-order valence-corrected chi connectivity index (χ3v) is 3.91.